The predicted octanol–water partition coefficient (Wildman–Crippen LogP) is 2.98. The summed E-state index contributed by atoms with van der Waals surface area (Å²) in [7, 11) is 0. The molecule has 1 aliphatic rings. The maximum absolute atomic E-state index is 13.3. The van der Waals surface area contributed by atoms with Crippen molar-refractivity contribution in [1.29, 1.82) is 0 Å². The predicted molar refractivity (Wildman–Crippen MR) is 104 cm³/mol. The molecule has 146 valence electrons. The van der Waals surface area contributed by atoms with Crippen LogP contribution in [0.3, 0.4) is 0 Å². The highest BCUT2D eigenvalue weighted by Gasteiger charge is 2.31. The Morgan fingerprint density at radius 2 is 1.79 bits per heavy atom. The molecule has 3 aromatic rings. The van der Waals surface area contributed by atoms with Crippen LogP contribution in [0, 0.1) is 0 Å². The molecule has 0 bridgehead atoms. The van der Waals surface area contributed by atoms with Gasteiger partial charge in [0.25, 0.3) is 11.8 Å². The first-order valence-corrected chi connectivity index (χ1v) is 9.13. The smallest absolute Gasteiger partial charge is 0.274 e. The van der Waals surface area contributed by atoms with Gasteiger partial charge < -0.3 is 9.64 Å². The van der Waals surface area contributed by atoms with E-state index in [2.05, 4.69) is 4.98 Å². The van der Waals surface area contributed by atoms with Crippen LogP contribution in [0.25, 0.3) is 0 Å². The van der Waals surface area contributed by atoms with Gasteiger partial charge in [-0.15, -0.1) is 0 Å². The maximum atomic E-state index is 13.3. The van der Waals surface area contributed by atoms with Crippen molar-refractivity contribution in [3.63, 3.8) is 0 Å². The number of hydrogen-bond donors (Lipinski definition) is 2. The summed E-state index contributed by atoms with van der Waals surface area (Å²) in [5.41, 5.74) is 4.17. The van der Waals surface area contributed by atoms with Crippen molar-refractivity contribution < 1.29 is 19.5 Å². The van der Waals surface area contributed by atoms with Gasteiger partial charge in [0.2, 0.25) is 0 Å². The average Bonchev–Trinajstić information content (AvgIpc) is 2.98. The summed E-state index contributed by atoms with van der Waals surface area (Å²) < 4.78 is 6.00. The quantitative estimate of drug-likeness (QED) is 0.531. The van der Waals surface area contributed by atoms with Gasteiger partial charge in [-0.2, -0.15) is 0 Å². The standard InChI is InChI=1S/C22H19N3O4/c26-21(24-28)17-6-7-18-13-25(22(27)16-8-10-23-11-9-16)19(14-29-20(18)12-17)15-4-2-1-3-5-15/h1-12,19,28H,13-14H2,(H,24,26)/t19-/m1/s1. The van der Waals surface area contributed by atoms with E-state index < -0.39 is 5.91 Å². The molecular weight excluding hydrogens is 370 g/mol. The fraction of sp³-hybridized carbons (Fsp3) is 0.136. The van der Waals surface area contributed by atoms with Gasteiger partial charge in [0.05, 0.1) is 12.6 Å². The summed E-state index contributed by atoms with van der Waals surface area (Å²) in [5.74, 6) is -0.239. The molecule has 2 aromatic carbocycles. The van der Waals surface area contributed by atoms with Gasteiger partial charge in [-0.05, 0) is 29.8 Å². The van der Waals surface area contributed by atoms with Crippen molar-refractivity contribution >= 4 is 11.8 Å². The van der Waals surface area contributed by atoms with E-state index in [1.165, 1.54) is 0 Å². The summed E-state index contributed by atoms with van der Waals surface area (Å²) in [4.78, 5) is 30.8. The van der Waals surface area contributed by atoms with Crippen molar-refractivity contribution in [2.24, 2.45) is 0 Å². The number of hydroxylamine groups is 1. The zero-order valence-corrected chi connectivity index (χ0v) is 15.5. The van der Waals surface area contributed by atoms with E-state index in [1.54, 1.807) is 53.1 Å². The summed E-state index contributed by atoms with van der Waals surface area (Å²) in [6.45, 7) is 0.551. The first kappa shape index (κ1) is 18.6. The van der Waals surface area contributed by atoms with E-state index in [4.69, 9.17) is 9.94 Å². The molecule has 1 aromatic heterocycles. The summed E-state index contributed by atoms with van der Waals surface area (Å²) >= 11 is 0. The zero-order chi connectivity index (χ0) is 20.2. The normalized spacial score (nSPS) is 15.6. The highest BCUT2D eigenvalue weighted by atomic mass is 16.5. The number of aromatic nitrogens is 1. The lowest BCUT2D eigenvalue weighted by Crippen LogP contribution is -2.35. The van der Waals surface area contributed by atoms with Crippen molar-refractivity contribution in [3.05, 3.63) is 95.3 Å². The Morgan fingerprint density at radius 3 is 2.52 bits per heavy atom. The van der Waals surface area contributed by atoms with Crippen LogP contribution in [-0.4, -0.2) is 33.5 Å². The van der Waals surface area contributed by atoms with E-state index in [0.717, 1.165) is 11.1 Å². The van der Waals surface area contributed by atoms with Crippen LogP contribution in [0.4, 0.5) is 0 Å². The van der Waals surface area contributed by atoms with E-state index in [0.29, 0.717) is 17.9 Å². The van der Waals surface area contributed by atoms with E-state index >= 15 is 0 Å². The number of rotatable bonds is 3. The van der Waals surface area contributed by atoms with Gasteiger partial charge in [0.1, 0.15) is 12.4 Å². The van der Waals surface area contributed by atoms with Crippen molar-refractivity contribution in [2.75, 3.05) is 6.61 Å². The fourth-order valence-electron chi connectivity index (χ4n) is 3.40. The van der Waals surface area contributed by atoms with Crippen LogP contribution in [0.1, 0.15) is 37.9 Å². The molecule has 0 saturated carbocycles. The Kier molecular flexibility index (Phi) is 5.22. The topological polar surface area (TPSA) is 91.8 Å². The summed E-state index contributed by atoms with van der Waals surface area (Å²) in [5, 5.41) is 8.88. The van der Waals surface area contributed by atoms with Gasteiger partial charge in [0.15, 0.2) is 0 Å². The molecule has 0 saturated heterocycles. The number of benzene rings is 2. The third-order valence-corrected chi connectivity index (χ3v) is 4.92. The molecule has 2 N–H and O–H groups in total. The number of carbonyl (C=O) groups is 2. The number of ether oxygens (including phenoxy) is 1. The molecule has 29 heavy (non-hydrogen) atoms. The molecule has 2 heterocycles. The van der Waals surface area contributed by atoms with E-state index in [1.807, 2.05) is 30.3 Å². The molecule has 0 radical (unpaired) electrons. The molecule has 7 heteroatoms. The Labute approximate surface area is 167 Å². The highest BCUT2D eigenvalue weighted by molar-refractivity contribution is 5.95. The molecule has 0 spiro atoms. The second kappa shape index (κ2) is 8.12. The van der Waals surface area contributed by atoms with Crippen LogP contribution in [-0.2, 0) is 6.54 Å². The second-order valence-corrected chi connectivity index (χ2v) is 6.67. The highest BCUT2D eigenvalue weighted by Crippen LogP contribution is 2.33. The lowest BCUT2D eigenvalue weighted by molar-refractivity contribution is 0.0621. The maximum Gasteiger partial charge on any atom is 0.274 e. The molecule has 2 amide bonds. The molecular formula is C22H19N3O4. The minimum Gasteiger partial charge on any atom is -0.491 e. The van der Waals surface area contributed by atoms with Gasteiger partial charge in [-0.3, -0.25) is 19.8 Å². The number of carbonyl (C=O) groups excluding carboxylic acids is 2. The first-order chi connectivity index (χ1) is 14.2. The number of fused-ring (bicyclic) bond motifs is 1. The Morgan fingerprint density at radius 1 is 1.03 bits per heavy atom. The first-order valence-electron chi connectivity index (χ1n) is 9.13. The number of hydrogen-bond acceptors (Lipinski definition) is 5. The molecule has 1 aliphatic heterocycles. The van der Waals surface area contributed by atoms with Gasteiger partial charge in [0, 0.05) is 29.1 Å². The van der Waals surface area contributed by atoms with Crippen LogP contribution < -0.4 is 10.2 Å². The van der Waals surface area contributed by atoms with E-state index in [-0.39, 0.29) is 24.1 Å². The van der Waals surface area contributed by atoms with Crippen LogP contribution >= 0.6 is 0 Å². The third kappa shape index (κ3) is 3.81. The minimum atomic E-state index is -0.620. The Hall–Kier alpha value is -3.71. The van der Waals surface area contributed by atoms with Crippen molar-refractivity contribution in [2.45, 2.75) is 12.6 Å². The lowest BCUT2D eigenvalue weighted by atomic mass is 10.0. The molecule has 4 rings (SSSR count). The number of pyridine rings is 1. The van der Waals surface area contributed by atoms with Gasteiger partial charge >= 0.3 is 0 Å². The lowest BCUT2D eigenvalue weighted by Gasteiger charge is -2.29. The van der Waals surface area contributed by atoms with Crippen LogP contribution in [0.2, 0.25) is 0 Å². The SMILES string of the molecule is O=C(NO)c1ccc2c(c1)OC[C@H](c1ccccc1)N(C(=O)c1ccncc1)C2. The number of nitrogens with zero attached hydrogens (tertiary/aromatic N) is 2. The Balaban J connectivity index is 1.74. The van der Waals surface area contributed by atoms with Crippen molar-refractivity contribution in [3.8, 4) is 5.75 Å². The molecule has 0 unspecified atom stereocenters. The van der Waals surface area contributed by atoms with Gasteiger partial charge in [-0.1, -0.05) is 36.4 Å². The molecule has 0 fully saturated rings. The molecule has 1 atom stereocenters. The summed E-state index contributed by atoms with van der Waals surface area (Å²) in [6, 6.07) is 17.7. The summed E-state index contributed by atoms with van der Waals surface area (Å²) in [6.07, 6.45) is 3.18. The second-order valence-electron chi connectivity index (χ2n) is 6.67. The average molecular weight is 389 g/mol. The third-order valence-electron chi connectivity index (χ3n) is 4.92. The van der Waals surface area contributed by atoms with E-state index in [9.17, 15) is 9.59 Å². The fourth-order valence-corrected chi connectivity index (χ4v) is 3.40. The van der Waals surface area contributed by atoms with Crippen molar-refractivity contribution in [1.82, 2.24) is 15.4 Å². The van der Waals surface area contributed by atoms with Gasteiger partial charge in [-0.25, -0.2) is 5.48 Å². The number of nitrogens with one attached hydrogen (secondary N) is 1. The zero-order valence-electron chi connectivity index (χ0n) is 15.5. The van der Waals surface area contributed by atoms with Crippen LogP contribution in [0.15, 0.2) is 73.1 Å². The Bertz CT molecular complexity index is 1020. The monoisotopic (exact) mass is 389 g/mol. The largest absolute Gasteiger partial charge is 0.491 e. The minimum absolute atomic E-state index is 0.130. The molecule has 0 aliphatic carbocycles. The van der Waals surface area contributed by atoms with Crippen LogP contribution in [0.5, 0.6) is 5.75 Å². The molecule has 7 nitrogen and oxygen atoms in total. The number of amides is 2.